The molecule has 0 saturated heterocycles. The Morgan fingerprint density at radius 1 is 0.788 bits per heavy atom. The maximum Gasteiger partial charge on any atom is 0.338 e. The van der Waals surface area contributed by atoms with Crippen molar-refractivity contribution in [3.8, 4) is 0 Å². The second kappa shape index (κ2) is 14.6. The number of unbranched alkanes of at least 4 members (excludes halogenated alkanes) is 6. The smallest absolute Gasteiger partial charge is 0.338 e. The Bertz CT molecular complexity index is 709. The van der Waals surface area contributed by atoms with Gasteiger partial charge in [0.05, 0.1) is 5.56 Å². The van der Waals surface area contributed by atoms with E-state index in [0.717, 1.165) is 24.7 Å². The van der Waals surface area contributed by atoms with Crippen LogP contribution < -0.4 is 0 Å². The van der Waals surface area contributed by atoms with Gasteiger partial charge in [0.1, 0.15) is 6.10 Å². The van der Waals surface area contributed by atoms with Gasteiger partial charge < -0.3 is 4.74 Å². The second-order valence-corrected chi connectivity index (χ2v) is 10.7. The highest BCUT2D eigenvalue weighted by Crippen LogP contribution is 2.33. The number of ether oxygens (including phenoxy) is 1. The van der Waals surface area contributed by atoms with Crippen LogP contribution in [-0.2, 0) is 4.74 Å². The van der Waals surface area contributed by atoms with Gasteiger partial charge in [-0.1, -0.05) is 96.3 Å². The molecule has 0 aliphatic heterocycles. The van der Waals surface area contributed by atoms with Crippen LogP contribution in [0.2, 0.25) is 0 Å². The number of allylic oxidation sites excluding steroid dienone is 2. The Hall–Kier alpha value is -1.57. The van der Waals surface area contributed by atoms with Crippen LogP contribution in [0.25, 0.3) is 5.57 Å². The molecule has 1 fully saturated rings. The van der Waals surface area contributed by atoms with Gasteiger partial charge in [0, 0.05) is 0 Å². The fourth-order valence-corrected chi connectivity index (χ4v) is 5.71. The highest BCUT2D eigenvalue weighted by atomic mass is 16.5. The predicted molar refractivity (Wildman–Crippen MR) is 140 cm³/mol. The maximum absolute atomic E-state index is 12.7. The van der Waals surface area contributed by atoms with E-state index in [4.69, 9.17) is 4.74 Å². The van der Waals surface area contributed by atoms with Crippen molar-refractivity contribution in [3.05, 3.63) is 41.5 Å². The normalized spacial score (nSPS) is 23.2. The quantitative estimate of drug-likeness (QED) is 0.220. The molecule has 0 amide bonds. The molecule has 2 aliphatic rings. The van der Waals surface area contributed by atoms with Crippen molar-refractivity contribution < 1.29 is 9.53 Å². The van der Waals surface area contributed by atoms with Crippen LogP contribution in [0.4, 0.5) is 0 Å². The first kappa shape index (κ1) is 26.0. The molecule has 2 aliphatic carbocycles. The summed E-state index contributed by atoms with van der Waals surface area (Å²) in [5.41, 5.74) is 3.43. The molecule has 0 radical (unpaired) electrons. The highest BCUT2D eigenvalue weighted by Gasteiger charge is 2.24. The molecule has 2 nitrogen and oxygen atoms in total. The van der Waals surface area contributed by atoms with Gasteiger partial charge in [-0.15, -0.1) is 0 Å². The molecule has 0 heterocycles. The molecule has 0 aromatic heterocycles. The number of rotatable bonds is 13. The lowest BCUT2D eigenvalue weighted by atomic mass is 9.83. The Kier molecular flexibility index (Phi) is 11.6. The van der Waals surface area contributed by atoms with E-state index in [0.29, 0.717) is 5.56 Å². The Labute approximate surface area is 203 Å². The van der Waals surface area contributed by atoms with Crippen molar-refractivity contribution in [2.45, 2.75) is 129 Å². The third-order valence-electron chi connectivity index (χ3n) is 8.01. The monoisotopic (exact) mass is 452 g/mol. The van der Waals surface area contributed by atoms with Crippen molar-refractivity contribution in [1.82, 2.24) is 0 Å². The Morgan fingerprint density at radius 3 is 2.00 bits per heavy atom. The van der Waals surface area contributed by atoms with Gasteiger partial charge in [-0.2, -0.15) is 0 Å². The van der Waals surface area contributed by atoms with Crippen LogP contribution >= 0.6 is 0 Å². The van der Waals surface area contributed by atoms with Crippen LogP contribution in [0.1, 0.15) is 139 Å². The van der Waals surface area contributed by atoms with Gasteiger partial charge >= 0.3 is 5.97 Å². The molecule has 0 spiro atoms. The highest BCUT2D eigenvalue weighted by molar-refractivity contribution is 5.90. The summed E-state index contributed by atoms with van der Waals surface area (Å²) in [5, 5.41) is 0. The molecule has 0 bridgehead atoms. The number of hydrogen-bond donors (Lipinski definition) is 0. The molecule has 1 unspecified atom stereocenters. The fourth-order valence-electron chi connectivity index (χ4n) is 5.71. The lowest BCUT2D eigenvalue weighted by Gasteiger charge is -2.28. The molecule has 1 atom stereocenters. The first-order valence-corrected chi connectivity index (χ1v) is 14.2. The van der Waals surface area contributed by atoms with E-state index in [9.17, 15) is 4.79 Å². The fraction of sp³-hybridized carbons (Fsp3) is 0.710. The van der Waals surface area contributed by atoms with Crippen molar-refractivity contribution in [2.24, 2.45) is 11.8 Å². The lowest BCUT2D eigenvalue weighted by Crippen LogP contribution is -2.24. The third-order valence-corrected chi connectivity index (χ3v) is 8.01. The summed E-state index contributed by atoms with van der Waals surface area (Å²) >= 11 is 0. The van der Waals surface area contributed by atoms with Crippen molar-refractivity contribution >= 4 is 11.5 Å². The number of carbonyl (C=O) groups is 1. The molecular weight excluding hydrogens is 404 g/mol. The summed E-state index contributed by atoms with van der Waals surface area (Å²) in [5.74, 6) is 1.57. The first-order chi connectivity index (χ1) is 16.2. The summed E-state index contributed by atoms with van der Waals surface area (Å²) in [4.78, 5) is 12.7. The van der Waals surface area contributed by atoms with Gasteiger partial charge in [-0.05, 0) is 80.1 Å². The van der Waals surface area contributed by atoms with E-state index in [-0.39, 0.29) is 12.1 Å². The molecule has 184 valence electrons. The number of benzene rings is 1. The van der Waals surface area contributed by atoms with E-state index >= 15 is 0 Å². The van der Waals surface area contributed by atoms with Crippen LogP contribution in [0.15, 0.2) is 30.3 Å². The summed E-state index contributed by atoms with van der Waals surface area (Å²) in [6.45, 7) is 4.55. The van der Waals surface area contributed by atoms with Crippen molar-refractivity contribution in [1.29, 1.82) is 0 Å². The zero-order valence-electron chi connectivity index (χ0n) is 21.5. The van der Waals surface area contributed by atoms with Gasteiger partial charge in [-0.3, -0.25) is 0 Å². The topological polar surface area (TPSA) is 26.3 Å². The van der Waals surface area contributed by atoms with E-state index in [1.54, 1.807) is 0 Å². The summed E-state index contributed by atoms with van der Waals surface area (Å²) in [7, 11) is 0. The maximum atomic E-state index is 12.7. The average molecular weight is 453 g/mol. The van der Waals surface area contributed by atoms with Gasteiger partial charge in [-0.25, -0.2) is 4.79 Å². The Morgan fingerprint density at radius 2 is 1.42 bits per heavy atom. The summed E-state index contributed by atoms with van der Waals surface area (Å²) < 4.78 is 5.87. The molecule has 33 heavy (non-hydrogen) atoms. The van der Waals surface area contributed by atoms with Gasteiger partial charge in [0.15, 0.2) is 0 Å². The molecule has 3 rings (SSSR count). The molecule has 0 N–H and O–H groups in total. The van der Waals surface area contributed by atoms with E-state index in [1.807, 2.05) is 12.1 Å². The molecule has 2 heteroatoms. The molecular formula is C31H48O2. The summed E-state index contributed by atoms with van der Waals surface area (Å²) in [6.07, 6.45) is 24.4. The number of esters is 1. The largest absolute Gasteiger partial charge is 0.459 e. The minimum absolute atomic E-state index is 0.111. The first-order valence-electron chi connectivity index (χ1n) is 14.2. The third kappa shape index (κ3) is 8.95. The Balaban J connectivity index is 1.38. The van der Waals surface area contributed by atoms with E-state index in [2.05, 4.69) is 32.1 Å². The number of carbonyl (C=O) groups excluding carboxylic acids is 1. The lowest BCUT2D eigenvalue weighted by molar-refractivity contribution is 0.0161. The minimum atomic E-state index is -0.141. The van der Waals surface area contributed by atoms with E-state index < -0.39 is 0 Å². The second-order valence-electron chi connectivity index (χ2n) is 10.7. The SMILES string of the molecule is CCCCCCC1CC=C(c2ccc(C(=O)O[C@H]3CC[C@H](CCCCCC)CC3)cc2)CC1. The summed E-state index contributed by atoms with van der Waals surface area (Å²) in [6, 6.07) is 8.18. The molecule has 1 aromatic carbocycles. The predicted octanol–water partition coefficient (Wildman–Crippen LogP) is 9.53. The van der Waals surface area contributed by atoms with Gasteiger partial charge in [0.2, 0.25) is 0 Å². The zero-order chi connectivity index (χ0) is 23.3. The van der Waals surface area contributed by atoms with Crippen LogP contribution in [0, 0.1) is 11.8 Å². The van der Waals surface area contributed by atoms with Crippen LogP contribution in [-0.4, -0.2) is 12.1 Å². The van der Waals surface area contributed by atoms with Crippen molar-refractivity contribution in [2.75, 3.05) is 0 Å². The minimum Gasteiger partial charge on any atom is -0.459 e. The van der Waals surface area contributed by atoms with E-state index in [1.165, 1.54) is 107 Å². The molecule has 1 saturated carbocycles. The van der Waals surface area contributed by atoms with Crippen molar-refractivity contribution in [3.63, 3.8) is 0 Å². The van der Waals surface area contributed by atoms with Gasteiger partial charge in [0.25, 0.3) is 0 Å². The standard InChI is InChI=1S/C31H48O2/c1-3-5-7-9-11-25-13-17-27(18-14-25)28-19-21-29(22-20-28)31(32)33-30-23-15-26(16-24-30)12-10-8-6-4-2/h17,19-22,25-26,30H,3-16,18,23-24H2,1-2H3/t25?,26-,30-. The molecule has 1 aromatic rings. The number of hydrogen-bond acceptors (Lipinski definition) is 2. The average Bonchev–Trinajstić information content (AvgIpc) is 2.86. The van der Waals surface area contributed by atoms with Crippen LogP contribution in [0.3, 0.4) is 0 Å². The van der Waals surface area contributed by atoms with Crippen LogP contribution in [0.5, 0.6) is 0 Å². The zero-order valence-corrected chi connectivity index (χ0v) is 21.5.